The summed E-state index contributed by atoms with van der Waals surface area (Å²) in [4.78, 5) is 45.9. The van der Waals surface area contributed by atoms with E-state index in [4.69, 9.17) is 10.6 Å². The number of carbonyl (C=O) groups is 3. The maximum absolute atomic E-state index is 12.8. The van der Waals surface area contributed by atoms with Gasteiger partial charge in [-0.05, 0) is 0 Å². The molecule has 1 fully saturated rings. The number of nitrogens with zero attached hydrogens (tertiary/aromatic N) is 4. The topological polar surface area (TPSA) is 185 Å². The van der Waals surface area contributed by atoms with Gasteiger partial charge in [0.25, 0.3) is 11.8 Å². The van der Waals surface area contributed by atoms with Crippen LogP contribution in [0.2, 0.25) is 0 Å². The normalized spacial score (nSPS) is 19.7. The number of carbonyl (C=O) groups excluding carboxylic acids is 2. The van der Waals surface area contributed by atoms with Crippen LogP contribution in [-0.2, 0) is 29.1 Å². The molecule has 4 N–H and O–H groups in total. The highest BCUT2D eigenvalue weighted by molar-refractivity contribution is 9.09. The standard InChI is InChI=1S/C15H17BrN6O7S2/c1-31(27,28)9-5-21-4-7(13(24)22(21)11(9)14(25)26)18-12(23)10(20-29-3-2-16)8-6-30-15(17)19-8/h6-7H,2-5H2,1H3,(H2,17,19)(H,18,23)(H,25,26)/b20-10+/t7-/m0/s1. The van der Waals surface area contributed by atoms with Crippen LogP contribution in [0.3, 0.4) is 0 Å². The van der Waals surface area contributed by atoms with Crippen molar-refractivity contribution in [3.8, 4) is 0 Å². The zero-order valence-electron chi connectivity index (χ0n) is 15.9. The van der Waals surface area contributed by atoms with E-state index in [1.807, 2.05) is 0 Å². The SMILES string of the molecule is CS(=O)(=O)C1=C(C(=O)O)N2C(=O)[C@@H](NC(=O)/C(=N/OCCBr)c3csc(N)n3)CN2C1. The molecule has 3 heterocycles. The van der Waals surface area contributed by atoms with Crippen LogP contribution in [0.15, 0.2) is 21.1 Å². The van der Waals surface area contributed by atoms with Crippen molar-refractivity contribution in [3.05, 3.63) is 21.7 Å². The maximum Gasteiger partial charge on any atom is 0.355 e. The zero-order valence-corrected chi connectivity index (χ0v) is 19.2. The van der Waals surface area contributed by atoms with E-state index in [1.54, 1.807) is 0 Å². The number of hydrogen-bond acceptors (Lipinski definition) is 11. The summed E-state index contributed by atoms with van der Waals surface area (Å²) in [6.45, 7) is -0.257. The van der Waals surface area contributed by atoms with Gasteiger partial charge in [0, 0.05) is 23.5 Å². The van der Waals surface area contributed by atoms with E-state index in [2.05, 4.69) is 31.4 Å². The van der Waals surface area contributed by atoms with E-state index in [0.717, 1.165) is 22.6 Å². The lowest BCUT2D eigenvalue weighted by molar-refractivity contribution is -0.143. The summed E-state index contributed by atoms with van der Waals surface area (Å²) in [6.07, 6.45) is 0.869. The number of sulfone groups is 1. The summed E-state index contributed by atoms with van der Waals surface area (Å²) in [5, 5.41) is 19.8. The Morgan fingerprint density at radius 1 is 1.52 bits per heavy atom. The molecule has 0 saturated carbocycles. The minimum atomic E-state index is -3.85. The Bertz CT molecular complexity index is 1100. The molecule has 0 spiro atoms. The van der Waals surface area contributed by atoms with Gasteiger partial charge in [0.2, 0.25) is 0 Å². The van der Waals surface area contributed by atoms with Crippen molar-refractivity contribution in [2.45, 2.75) is 6.04 Å². The molecule has 13 nitrogen and oxygen atoms in total. The second-order valence-corrected chi connectivity index (χ2v) is 10.1. The second kappa shape index (κ2) is 8.89. The molecular formula is C15H17BrN6O7S2. The molecule has 0 radical (unpaired) electrons. The van der Waals surface area contributed by atoms with Crippen molar-refractivity contribution in [3.63, 3.8) is 0 Å². The number of hydrogen-bond donors (Lipinski definition) is 3. The van der Waals surface area contributed by atoms with E-state index >= 15 is 0 Å². The molecule has 0 unspecified atom stereocenters. The van der Waals surface area contributed by atoms with Crippen LogP contribution in [0.25, 0.3) is 0 Å². The highest BCUT2D eigenvalue weighted by Crippen LogP contribution is 2.31. The predicted molar refractivity (Wildman–Crippen MR) is 113 cm³/mol. The molecular weight excluding hydrogens is 520 g/mol. The number of carboxylic acids is 1. The fourth-order valence-electron chi connectivity index (χ4n) is 2.99. The van der Waals surface area contributed by atoms with Crippen LogP contribution in [0.4, 0.5) is 5.13 Å². The quantitative estimate of drug-likeness (QED) is 0.157. The third kappa shape index (κ3) is 4.70. The fourth-order valence-corrected chi connectivity index (χ4v) is 4.59. The lowest BCUT2D eigenvalue weighted by atomic mass is 10.2. The number of rotatable bonds is 8. The van der Waals surface area contributed by atoms with Gasteiger partial charge in [-0.25, -0.2) is 28.2 Å². The molecule has 2 amide bonds. The number of nitrogen functional groups attached to an aromatic ring is 1. The van der Waals surface area contributed by atoms with Gasteiger partial charge in [-0.3, -0.25) is 9.59 Å². The van der Waals surface area contributed by atoms with Crippen molar-refractivity contribution < 1.29 is 32.7 Å². The highest BCUT2D eigenvalue weighted by atomic mass is 79.9. The van der Waals surface area contributed by atoms with Crippen LogP contribution >= 0.6 is 27.3 Å². The number of amides is 2. The largest absolute Gasteiger partial charge is 0.476 e. The van der Waals surface area contributed by atoms with Gasteiger partial charge < -0.3 is 21.0 Å². The number of aromatic nitrogens is 1. The number of anilines is 1. The number of carboxylic acid groups (broad SMARTS) is 1. The first kappa shape index (κ1) is 23.1. The van der Waals surface area contributed by atoms with Gasteiger partial charge in [-0.15, -0.1) is 11.3 Å². The molecule has 1 saturated heterocycles. The zero-order chi connectivity index (χ0) is 22.9. The molecule has 1 aromatic heterocycles. The minimum Gasteiger partial charge on any atom is -0.476 e. The van der Waals surface area contributed by atoms with Crippen molar-refractivity contribution in [1.82, 2.24) is 20.3 Å². The van der Waals surface area contributed by atoms with Gasteiger partial charge in [0.05, 0.1) is 11.4 Å². The molecule has 2 aliphatic heterocycles. The number of alkyl halides is 1. The van der Waals surface area contributed by atoms with Crippen molar-refractivity contribution in [1.29, 1.82) is 0 Å². The molecule has 0 aliphatic carbocycles. The van der Waals surface area contributed by atoms with Crippen LogP contribution in [0, 0.1) is 0 Å². The number of halogens is 1. The summed E-state index contributed by atoms with van der Waals surface area (Å²) < 4.78 is 23.8. The average molecular weight is 537 g/mol. The van der Waals surface area contributed by atoms with E-state index in [-0.39, 0.29) is 41.1 Å². The first-order valence-electron chi connectivity index (χ1n) is 8.58. The van der Waals surface area contributed by atoms with Crippen LogP contribution < -0.4 is 11.1 Å². The summed E-state index contributed by atoms with van der Waals surface area (Å²) >= 11 is 4.24. The molecule has 16 heteroatoms. The molecule has 168 valence electrons. The number of hydrazine groups is 1. The van der Waals surface area contributed by atoms with Crippen molar-refractivity contribution in [2.24, 2.45) is 5.16 Å². The molecule has 2 aliphatic rings. The van der Waals surface area contributed by atoms with E-state index < -0.39 is 39.4 Å². The lowest BCUT2D eigenvalue weighted by Crippen LogP contribution is -2.46. The Hall–Kier alpha value is -2.56. The summed E-state index contributed by atoms with van der Waals surface area (Å²) in [7, 11) is -3.85. The fraction of sp³-hybridized carbons (Fsp3) is 0.400. The maximum atomic E-state index is 12.8. The van der Waals surface area contributed by atoms with E-state index in [0.29, 0.717) is 5.33 Å². The van der Waals surface area contributed by atoms with Gasteiger partial charge in [-0.1, -0.05) is 21.1 Å². The summed E-state index contributed by atoms with van der Waals surface area (Å²) in [5.74, 6) is -3.14. The number of nitrogens with two attached hydrogens (primary N) is 1. The molecule has 0 bridgehead atoms. The van der Waals surface area contributed by atoms with Crippen LogP contribution in [-0.4, -0.2) is 89.3 Å². The van der Waals surface area contributed by atoms with Crippen molar-refractivity contribution in [2.75, 3.05) is 37.0 Å². The number of fused-ring (bicyclic) bond motifs is 1. The van der Waals surface area contributed by atoms with Crippen LogP contribution in [0.1, 0.15) is 5.69 Å². The average Bonchev–Trinajstić information content (AvgIpc) is 3.34. The van der Waals surface area contributed by atoms with Gasteiger partial charge >= 0.3 is 5.97 Å². The van der Waals surface area contributed by atoms with Gasteiger partial charge in [-0.2, -0.15) is 0 Å². The monoisotopic (exact) mass is 536 g/mol. The van der Waals surface area contributed by atoms with Gasteiger partial charge in [0.15, 0.2) is 26.4 Å². The van der Waals surface area contributed by atoms with E-state index in [1.165, 1.54) is 10.4 Å². The number of oxime groups is 1. The number of aliphatic carboxylic acids is 1. The Morgan fingerprint density at radius 2 is 2.23 bits per heavy atom. The molecule has 0 aromatic carbocycles. The third-order valence-electron chi connectivity index (χ3n) is 4.24. The highest BCUT2D eigenvalue weighted by Gasteiger charge is 2.50. The molecule has 3 rings (SSSR count). The van der Waals surface area contributed by atoms with Crippen LogP contribution in [0.5, 0.6) is 0 Å². The Morgan fingerprint density at radius 3 is 2.77 bits per heavy atom. The van der Waals surface area contributed by atoms with Crippen molar-refractivity contribution >= 4 is 65.7 Å². The predicted octanol–water partition coefficient (Wildman–Crippen LogP) is -1.26. The second-order valence-electron chi connectivity index (χ2n) is 6.41. The number of nitrogens with one attached hydrogen (secondary N) is 1. The molecule has 1 atom stereocenters. The molecule has 31 heavy (non-hydrogen) atoms. The summed E-state index contributed by atoms with van der Waals surface area (Å²) in [5.41, 5.74) is 4.89. The number of thiazole rings is 1. The summed E-state index contributed by atoms with van der Waals surface area (Å²) in [6, 6.07) is -1.14. The van der Waals surface area contributed by atoms with E-state index in [9.17, 15) is 27.9 Å². The third-order valence-corrected chi connectivity index (χ3v) is 6.46. The smallest absolute Gasteiger partial charge is 0.355 e. The Balaban J connectivity index is 1.83. The first-order valence-corrected chi connectivity index (χ1v) is 12.5. The first-order chi connectivity index (χ1) is 14.5. The Kier molecular flexibility index (Phi) is 6.63. The Labute approximate surface area is 188 Å². The molecule has 1 aromatic rings. The van der Waals surface area contributed by atoms with Gasteiger partial charge in [0.1, 0.15) is 18.3 Å². The minimum absolute atomic E-state index is 0.130. The lowest BCUT2D eigenvalue weighted by Gasteiger charge is -2.18.